The summed E-state index contributed by atoms with van der Waals surface area (Å²) in [6, 6.07) is 0. The zero-order valence-corrected chi connectivity index (χ0v) is 11.5. The molecular weight excluding hydrogens is 227 g/mol. The molecular formula is C4H15N2NaO4S2. The van der Waals surface area contributed by atoms with Gasteiger partial charge in [0.05, 0.1) is 0 Å². The van der Waals surface area contributed by atoms with Gasteiger partial charge in [-0.25, -0.2) is 0 Å². The second kappa shape index (κ2) is 18.4. The van der Waals surface area contributed by atoms with Crippen molar-refractivity contribution in [2.45, 2.75) is 0 Å². The second-order valence-corrected chi connectivity index (χ2v) is 2.34. The van der Waals surface area contributed by atoms with Crippen LogP contribution in [0.3, 0.4) is 0 Å². The van der Waals surface area contributed by atoms with Crippen molar-refractivity contribution in [1.82, 2.24) is 4.90 Å². The van der Waals surface area contributed by atoms with Gasteiger partial charge in [0.25, 0.3) is 10.5 Å². The number of rotatable bonds is 0. The molecule has 0 fully saturated rings. The number of nitrogens with zero attached hydrogens (tertiary/aromatic N) is 1. The average molecular weight is 242 g/mol. The largest absolute Gasteiger partial charge is 1.00 e. The van der Waals surface area contributed by atoms with Crippen molar-refractivity contribution in [1.29, 1.82) is 0 Å². The molecule has 0 aromatic carbocycles. The molecule has 0 aliphatic heterocycles. The molecule has 6 nitrogen and oxygen atoms in total. The van der Waals surface area contributed by atoms with Crippen molar-refractivity contribution in [2.24, 2.45) is 5.73 Å². The summed E-state index contributed by atoms with van der Waals surface area (Å²) in [4.78, 5) is 20.4. The van der Waals surface area contributed by atoms with Crippen LogP contribution >= 0.6 is 25.3 Å². The second-order valence-electron chi connectivity index (χ2n) is 1.52. The van der Waals surface area contributed by atoms with Crippen LogP contribution in [0.2, 0.25) is 0 Å². The Morgan fingerprint density at radius 1 is 1.23 bits per heavy atom. The van der Waals surface area contributed by atoms with Gasteiger partial charge in [-0.05, 0) is 0 Å². The van der Waals surface area contributed by atoms with Gasteiger partial charge in [-0.1, -0.05) is 25.3 Å². The first-order valence-electron chi connectivity index (χ1n) is 2.26. The van der Waals surface area contributed by atoms with E-state index in [9.17, 15) is 4.79 Å². The van der Waals surface area contributed by atoms with E-state index in [0.717, 1.165) is 0 Å². The topological polar surface area (TPSA) is 126 Å². The summed E-state index contributed by atoms with van der Waals surface area (Å²) in [6.45, 7) is 0. The van der Waals surface area contributed by atoms with Gasteiger partial charge in [0.15, 0.2) is 0 Å². The van der Waals surface area contributed by atoms with Gasteiger partial charge >= 0.3 is 29.6 Å². The maximum atomic E-state index is 9.93. The maximum absolute atomic E-state index is 9.93. The van der Waals surface area contributed by atoms with Crippen LogP contribution in [-0.2, 0) is 0 Å². The average Bonchev–Trinajstić information content (AvgIpc) is 1.63. The summed E-state index contributed by atoms with van der Waals surface area (Å²) >= 11 is 6.58. The predicted molar refractivity (Wildman–Crippen MR) is 55.0 cm³/mol. The molecule has 0 radical (unpaired) electrons. The van der Waals surface area contributed by atoms with Crippen LogP contribution in [0.4, 0.5) is 9.59 Å². The Labute approximate surface area is 111 Å². The molecule has 6 N–H and O–H groups in total. The van der Waals surface area contributed by atoms with Crippen LogP contribution in [-0.4, -0.2) is 40.4 Å². The van der Waals surface area contributed by atoms with E-state index in [1.54, 1.807) is 14.1 Å². The van der Waals surface area contributed by atoms with E-state index < -0.39 is 5.24 Å². The Balaban J connectivity index is -0.0000000185. The molecule has 13 heavy (non-hydrogen) atoms. The third-order valence-corrected chi connectivity index (χ3v) is 0.783. The first-order valence-corrected chi connectivity index (χ1v) is 3.16. The Kier molecular flexibility index (Phi) is 41.2. The number of hydrogen-bond acceptors (Lipinski definition) is 2. The number of carbonyl (C=O) groups excluding carboxylic acids is 2. The summed E-state index contributed by atoms with van der Waals surface area (Å²) in [5.74, 6) is 0. The van der Waals surface area contributed by atoms with Crippen LogP contribution in [0.25, 0.3) is 0 Å². The van der Waals surface area contributed by atoms with Gasteiger partial charge in [-0.2, -0.15) is 0 Å². The summed E-state index contributed by atoms with van der Waals surface area (Å²) in [5.41, 5.74) is 4.34. The van der Waals surface area contributed by atoms with Gasteiger partial charge in [0, 0.05) is 14.1 Å². The van der Waals surface area contributed by atoms with E-state index in [-0.39, 0.29) is 47.2 Å². The van der Waals surface area contributed by atoms with Crippen molar-refractivity contribution in [3.8, 4) is 0 Å². The summed E-state index contributed by atoms with van der Waals surface area (Å²) < 4.78 is 0. The Morgan fingerprint density at radius 3 is 1.31 bits per heavy atom. The molecule has 0 rings (SSSR count). The van der Waals surface area contributed by atoms with Crippen molar-refractivity contribution in [2.75, 3.05) is 14.1 Å². The fourth-order valence-electron chi connectivity index (χ4n) is 0. The normalized spacial score (nSPS) is 5.54. The monoisotopic (exact) mass is 242 g/mol. The minimum Gasteiger partial charge on any atom is -1.00 e. The van der Waals surface area contributed by atoms with Crippen LogP contribution in [0, 0.1) is 0 Å². The van der Waals surface area contributed by atoms with E-state index in [1.165, 1.54) is 4.90 Å². The summed E-state index contributed by atoms with van der Waals surface area (Å²) in [7, 11) is 3.30. The quantitative estimate of drug-likeness (QED) is 0.296. The molecule has 0 aromatic rings. The molecule has 2 amide bonds. The fraction of sp³-hybridized carbons (Fsp3) is 0.500. The molecule has 9 heteroatoms. The van der Waals surface area contributed by atoms with Crippen molar-refractivity contribution < 1.29 is 51.5 Å². The Hall–Kier alpha value is 0.560. The van der Waals surface area contributed by atoms with E-state index >= 15 is 0 Å². The molecule has 0 aromatic heterocycles. The molecule has 78 valence electrons. The van der Waals surface area contributed by atoms with Gasteiger partial charge in [-0.15, -0.1) is 0 Å². The van der Waals surface area contributed by atoms with Gasteiger partial charge in [0.1, 0.15) is 0 Å². The minimum atomic E-state index is -0.639. The molecule has 0 aliphatic rings. The van der Waals surface area contributed by atoms with Crippen molar-refractivity contribution in [3.63, 3.8) is 0 Å². The SMILES string of the molecule is CN(C)C(=O)S.NC(=O)S.O.O.[H-].[Na+]. The molecule has 0 aliphatic carbocycles. The standard InChI is InChI=1S/C3H7NOS.CH3NOS.Na.2H2O.H/c1-4(2)3(5)6;2-1(3)4;;;;/h1-2H3,(H,5,6);(H3,2,3,4);;2*1H2;/q;;+1;;;-1. The first-order chi connectivity index (χ1) is 4.37. The van der Waals surface area contributed by atoms with Gasteiger partial charge < -0.3 is 23.0 Å². The summed E-state index contributed by atoms with van der Waals surface area (Å²) in [6.07, 6.45) is 0. The first kappa shape index (κ1) is 29.2. The van der Waals surface area contributed by atoms with Gasteiger partial charge in [-0.3, -0.25) is 9.59 Å². The fourth-order valence-corrected chi connectivity index (χ4v) is 0. The maximum Gasteiger partial charge on any atom is 1.00 e. The summed E-state index contributed by atoms with van der Waals surface area (Å²) in [5, 5.41) is -0.852. The third kappa shape index (κ3) is 67.4. The van der Waals surface area contributed by atoms with Crippen LogP contribution in [0.15, 0.2) is 0 Å². The van der Waals surface area contributed by atoms with Crippen molar-refractivity contribution >= 4 is 35.7 Å². The minimum absolute atomic E-state index is 0. The predicted octanol–water partition coefficient (Wildman–Crippen LogP) is -3.94. The molecule has 0 bridgehead atoms. The molecule has 0 saturated carbocycles. The Bertz CT molecular complexity index is 137. The zero-order valence-electron chi connectivity index (χ0n) is 8.74. The zero-order chi connectivity index (χ0) is 8.73. The van der Waals surface area contributed by atoms with Crippen LogP contribution < -0.4 is 35.3 Å². The molecule has 0 atom stereocenters. The smallest absolute Gasteiger partial charge is 1.00 e. The molecule has 0 heterocycles. The number of thiol groups is 2. The number of primary amides is 1. The van der Waals surface area contributed by atoms with E-state index in [0.29, 0.717) is 0 Å². The van der Waals surface area contributed by atoms with Crippen LogP contribution in [0.1, 0.15) is 1.43 Å². The van der Waals surface area contributed by atoms with Gasteiger partial charge in [0.2, 0.25) is 0 Å². The van der Waals surface area contributed by atoms with E-state index in [2.05, 4.69) is 31.0 Å². The van der Waals surface area contributed by atoms with Crippen molar-refractivity contribution in [3.05, 3.63) is 0 Å². The number of amides is 2. The van der Waals surface area contributed by atoms with E-state index in [1.807, 2.05) is 0 Å². The number of nitrogens with two attached hydrogens (primary N) is 1. The van der Waals surface area contributed by atoms with Crippen LogP contribution in [0.5, 0.6) is 0 Å². The third-order valence-electron chi connectivity index (χ3n) is 0.383. The Morgan fingerprint density at radius 2 is 1.31 bits per heavy atom. The molecule has 0 unspecified atom stereocenters. The van der Waals surface area contributed by atoms with E-state index in [4.69, 9.17) is 4.79 Å². The number of carbonyl (C=O) groups is 2. The number of hydrogen-bond donors (Lipinski definition) is 3. The molecule has 0 spiro atoms. The molecule has 0 saturated heterocycles.